The molecule has 3 rings (SSSR count). The molecule has 140 valence electrons. The third-order valence-corrected chi connectivity index (χ3v) is 5.86. The predicted octanol–water partition coefficient (Wildman–Crippen LogP) is 2.42. The van der Waals surface area contributed by atoms with Gasteiger partial charge in [0.15, 0.2) is 5.82 Å². The topological polar surface area (TPSA) is 97.2 Å². The summed E-state index contributed by atoms with van der Waals surface area (Å²) < 4.78 is 27.2. The number of nitrogens with zero attached hydrogens (tertiary/aromatic N) is 4. The maximum absolute atomic E-state index is 12.7. The lowest BCUT2D eigenvalue weighted by atomic mass is 10.2. The van der Waals surface area contributed by atoms with Crippen molar-refractivity contribution in [1.82, 2.24) is 19.1 Å². The monoisotopic (exact) mass is 405 g/mol. The van der Waals surface area contributed by atoms with Crippen molar-refractivity contribution < 1.29 is 13.2 Å². The Hall–Kier alpha value is -2.75. The second kappa shape index (κ2) is 7.47. The van der Waals surface area contributed by atoms with Crippen LogP contribution in [0.25, 0.3) is 5.82 Å². The van der Waals surface area contributed by atoms with Crippen LogP contribution in [-0.2, 0) is 10.0 Å². The van der Waals surface area contributed by atoms with Crippen molar-refractivity contribution in [2.45, 2.75) is 4.90 Å². The van der Waals surface area contributed by atoms with Crippen molar-refractivity contribution >= 4 is 33.2 Å². The number of hydrogen-bond acceptors (Lipinski definition) is 5. The second-order valence-corrected chi connectivity index (χ2v) is 8.27. The molecular weight excluding hydrogens is 390 g/mol. The predicted molar refractivity (Wildman–Crippen MR) is 102 cm³/mol. The number of anilines is 1. The summed E-state index contributed by atoms with van der Waals surface area (Å²) in [6.07, 6.45) is 4.85. The standard InChI is InChI=1S/C17H16ClN5O3S/c1-22(2)27(25,26)12-6-7-14(18)13(11-12)17(24)21-15-5-3-8-19-16(15)23-10-4-9-20-23/h3-11H,1-2H3,(H,21,24). The van der Waals surface area contributed by atoms with Gasteiger partial charge in [-0.1, -0.05) is 11.6 Å². The van der Waals surface area contributed by atoms with E-state index < -0.39 is 15.9 Å². The lowest BCUT2D eigenvalue weighted by Crippen LogP contribution is -2.23. The van der Waals surface area contributed by atoms with E-state index in [4.69, 9.17) is 11.6 Å². The number of benzene rings is 1. The molecule has 2 aromatic heterocycles. The smallest absolute Gasteiger partial charge is 0.257 e. The number of hydrogen-bond donors (Lipinski definition) is 1. The molecule has 27 heavy (non-hydrogen) atoms. The number of carbonyl (C=O) groups is 1. The Labute approximate surface area is 161 Å². The zero-order valence-corrected chi connectivity index (χ0v) is 16.1. The maximum atomic E-state index is 12.7. The quantitative estimate of drug-likeness (QED) is 0.703. The van der Waals surface area contributed by atoms with E-state index in [0.717, 1.165) is 4.31 Å². The molecule has 0 saturated heterocycles. The van der Waals surface area contributed by atoms with E-state index in [1.54, 1.807) is 36.8 Å². The van der Waals surface area contributed by atoms with Crippen LogP contribution in [0.5, 0.6) is 0 Å². The number of carbonyl (C=O) groups excluding carboxylic acids is 1. The molecule has 10 heteroatoms. The SMILES string of the molecule is CN(C)S(=O)(=O)c1ccc(Cl)c(C(=O)Nc2cccnc2-n2cccn2)c1. The zero-order valence-electron chi connectivity index (χ0n) is 14.5. The first-order chi connectivity index (χ1) is 12.8. The second-order valence-electron chi connectivity index (χ2n) is 5.71. The molecule has 0 radical (unpaired) electrons. The van der Waals surface area contributed by atoms with Gasteiger partial charge in [0.05, 0.1) is 21.2 Å². The first kappa shape index (κ1) is 19.0. The summed E-state index contributed by atoms with van der Waals surface area (Å²) in [5.74, 6) is -0.138. The van der Waals surface area contributed by atoms with Gasteiger partial charge in [0.1, 0.15) is 0 Å². The molecule has 2 heterocycles. The van der Waals surface area contributed by atoms with Crippen LogP contribution in [0.4, 0.5) is 5.69 Å². The van der Waals surface area contributed by atoms with E-state index in [0.29, 0.717) is 11.5 Å². The van der Waals surface area contributed by atoms with Crippen molar-refractivity contribution in [3.8, 4) is 5.82 Å². The van der Waals surface area contributed by atoms with E-state index >= 15 is 0 Å². The van der Waals surface area contributed by atoms with Gasteiger partial charge in [-0.3, -0.25) is 4.79 Å². The van der Waals surface area contributed by atoms with Crippen molar-refractivity contribution in [3.63, 3.8) is 0 Å². The molecule has 0 aliphatic heterocycles. The fourth-order valence-corrected chi connectivity index (χ4v) is 3.44. The van der Waals surface area contributed by atoms with Gasteiger partial charge >= 0.3 is 0 Å². The maximum Gasteiger partial charge on any atom is 0.257 e. The van der Waals surface area contributed by atoms with E-state index in [1.165, 1.54) is 37.0 Å². The molecule has 0 atom stereocenters. The van der Waals surface area contributed by atoms with Gasteiger partial charge in [0.2, 0.25) is 10.0 Å². The molecule has 0 aliphatic carbocycles. The third kappa shape index (κ3) is 3.85. The molecule has 0 saturated carbocycles. The van der Waals surface area contributed by atoms with E-state index in [2.05, 4.69) is 15.4 Å². The Morgan fingerprint density at radius 1 is 1.19 bits per heavy atom. The normalized spacial score (nSPS) is 11.6. The average molecular weight is 406 g/mol. The van der Waals surface area contributed by atoms with Gasteiger partial charge in [-0.15, -0.1) is 0 Å². The van der Waals surface area contributed by atoms with Crippen molar-refractivity contribution in [1.29, 1.82) is 0 Å². The van der Waals surface area contributed by atoms with Gasteiger partial charge in [-0.2, -0.15) is 5.10 Å². The lowest BCUT2D eigenvalue weighted by Gasteiger charge is -2.14. The highest BCUT2D eigenvalue weighted by Crippen LogP contribution is 2.24. The molecule has 1 amide bonds. The Kier molecular flexibility index (Phi) is 5.26. The molecule has 0 unspecified atom stereocenters. The molecule has 3 aromatic rings. The molecule has 0 fully saturated rings. The number of aromatic nitrogens is 3. The average Bonchev–Trinajstić information content (AvgIpc) is 3.16. The van der Waals surface area contributed by atoms with Gasteiger partial charge in [-0.25, -0.2) is 22.4 Å². The summed E-state index contributed by atoms with van der Waals surface area (Å²) in [6, 6.07) is 9.04. The molecule has 8 nitrogen and oxygen atoms in total. The number of pyridine rings is 1. The largest absolute Gasteiger partial charge is 0.319 e. The molecule has 1 aromatic carbocycles. The van der Waals surface area contributed by atoms with Gasteiger partial charge in [0.25, 0.3) is 5.91 Å². The number of amides is 1. The summed E-state index contributed by atoms with van der Waals surface area (Å²) in [4.78, 5) is 16.9. The third-order valence-electron chi connectivity index (χ3n) is 3.72. The Morgan fingerprint density at radius 3 is 2.63 bits per heavy atom. The van der Waals surface area contributed by atoms with Crippen LogP contribution >= 0.6 is 11.6 Å². The summed E-state index contributed by atoms with van der Waals surface area (Å²) in [6.45, 7) is 0. The first-order valence-electron chi connectivity index (χ1n) is 7.79. The van der Waals surface area contributed by atoms with Gasteiger partial charge in [0, 0.05) is 32.7 Å². The minimum absolute atomic E-state index is 0.0273. The minimum atomic E-state index is -3.70. The molecule has 0 bridgehead atoms. The summed E-state index contributed by atoms with van der Waals surface area (Å²) in [5, 5.41) is 6.95. The number of rotatable bonds is 5. The van der Waals surface area contributed by atoms with E-state index in [-0.39, 0.29) is 15.5 Å². The molecular formula is C17H16ClN5O3S. The molecule has 0 aliphatic rings. The Bertz CT molecular complexity index is 1080. The Morgan fingerprint density at radius 2 is 1.96 bits per heavy atom. The van der Waals surface area contributed by atoms with Crippen LogP contribution in [0.3, 0.4) is 0 Å². The zero-order chi connectivity index (χ0) is 19.6. The first-order valence-corrected chi connectivity index (χ1v) is 9.61. The van der Waals surface area contributed by atoms with Gasteiger partial charge < -0.3 is 5.32 Å². The minimum Gasteiger partial charge on any atom is -0.319 e. The molecule has 0 spiro atoms. The van der Waals surface area contributed by atoms with Crippen molar-refractivity contribution in [3.05, 3.63) is 65.6 Å². The fraction of sp³-hybridized carbons (Fsp3) is 0.118. The summed E-state index contributed by atoms with van der Waals surface area (Å²) in [5.41, 5.74) is 0.443. The van der Waals surface area contributed by atoms with Crippen LogP contribution in [-0.4, -0.2) is 47.5 Å². The van der Waals surface area contributed by atoms with Crippen LogP contribution in [0.2, 0.25) is 5.02 Å². The van der Waals surface area contributed by atoms with Crippen molar-refractivity contribution in [2.75, 3.05) is 19.4 Å². The van der Waals surface area contributed by atoms with E-state index in [9.17, 15) is 13.2 Å². The van der Waals surface area contributed by atoms with Crippen LogP contribution in [0.15, 0.2) is 59.9 Å². The van der Waals surface area contributed by atoms with Gasteiger partial charge in [-0.05, 0) is 36.4 Å². The molecule has 1 N–H and O–H groups in total. The highest BCUT2D eigenvalue weighted by atomic mass is 35.5. The van der Waals surface area contributed by atoms with Crippen LogP contribution in [0, 0.1) is 0 Å². The number of nitrogens with one attached hydrogen (secondary N) is 1. The summed E-state index contributed by atoms with van der Waals surface area (Å²) in [7, 11) is -0.873. The Balaban J connectivity index is 1.97. The van der Waals surface area contributed by atoms with Crippen LogP contribution < -0.4 is 5.32 Å². The highest BCUT2D eigenvalue weighted by Gasteiger charge is 2.21. The lowest BCUT2D eigenvalue weighted by molar-refractivity contribution is 0.102. The number of halogens is 1. The summed E-state index contributed by atoms with van der Waals surface area (Å²) >= 11 is 6.12. The fourth-order valence-electron chi connectivity index (χ4n) is 2.31. The highest BCUT2D eigenvalue weighted by molar-refractivity contribution is 7.89. The number of sulfonamides is 1. The van der Waals surface area contributed by atoms with E-state index in [1.807, 2.05) is 0 Å². The van der Waals surface area contributed by atoms with Crippen LogP contribution in [0.1, 0.15) is 10.4 Å². The van der Waals surface area contributed by atoms with Crippen molar-refractivity contribution in [2.24, 2.45) is 0 Å².